The van der Waals surface area contributed by atoms with E-state index in [4.69, 9.17) is 9.47 Å². The lowest BCUT2D eigenvalue weighted by Crippen LogP contribution is -2.46. The first-order valence-electron chi connectivity index (χ1n) is 8.67. The zero-order valence-corrected chi connectivity index (χ0v) is 15.6. The Morgan fingerprint density at radius 1 is 1.00 bits per heavy atom. The number of ether oxygens (including phenoxy) is 2. The summed E-state index contributed by atoms with van der Waals surface area (Å²) in [5.41, 5.74) is 0.936. The molecule has 0 aromatic heterocycles. The van der Waals surface area contributed by atoms with Crippen LogP contribution in [0.25, 0.3) is 0 Å². The van der Waals surface area contributed by atoms with Gasteiger partial charge in [-0.05, 0) is 30.5 Å². The van der Waals surface area contributed by atoms with Crippen LogP contribution in [0.5, 0.6) is 11.5 Å². The fourth-order valence-corrected chi connectivity index (χ4v) is 4.17. The lowest BCUT2D eigenvalue weighted by Gasteiger charge is -2.31. The van der Waals surface area contributed by atoms with Crippen molar-refractivity contribution in [2.45, 2.75) is 25.5 Å². The van der Waals surface area contributed by atoms with Crippen LogP contribution in [0.1, 0.15) is 18.4 Å². The van der Waals surface area contributed by atoms with Gasteiger partial charge in [-0.3, -0.25) is 0 Å². The van der Waals surface area contributed by atoms with E-state index in [0.29, 0.717) is 44.0 Å². The van der Waals surface area contributed by atoms with Crippen molar-refractivity contribution in [2.24, 2.45) is 0 Å². The first-order valence-corrected chi connectivity index (χ1v) is 10.1. The number of piperidine rings is 1. The average molecular weight is 376 g/mol. The molecule has 1 aliphatic rings. The fraction of sp³-hybridized carbons (Fsp3) is 0.368. The van der Waals surface area contributed by atoms with Crippen LogP contribution in [-0.2, 0) is 16.8 Å². The largest absolute Gasteiger partial charge is 0.493 e. The van der Waals surface area contributed by atoms with Gasteiger partial charge in [-0.15, -0.1) is 0 Å². The van der Waals surface area contributed by atoms with E-state index in [-0.39, 0.29) is 6.10 Å². The third kappa shape index (κ3) is 4.75. The molecule has 2 aromatic rings. The summed E-state index contributed by atoms with van der Waals surface area (Å²) in [5, 5.41) is 0. The number of nitrogens with zero attached hydrogens (tertiary/aromatic N) is 1. The Bertz CT molecular complexity index is 803. The zero-order valence-electron chi connectivity index (χ0n) is 14.8. The third-order valence-corrected chi connectivity index (χ3v) is 5.96. The van der Waals surface area contributed by atoms with E-state index in [2.05, 4.69) is 4.72 Å². The van der Waals surface area contributed by atoms with Gasteiger partial charge in [0.1, 0.15) is 6.10 Å². The maximum atomic E-state index is 12.5. The van der Waals surface area contributed by atoms with Gasteiger partial charge >= 0.3 is 0 Å². The van der Waals surface area contributed by atoms with Crippen LogP contribution in [0, 0.1) is 0 Å². The van der Waals surface area contributed by atoms with Gasteiger partial charge in [-0.1, -0.05) is 42.5 Å². The second kappa shape index (κ2) is 8.53. The molecule has 0 amide bonds. The zero-order chi connectivity index (χ0) is 18.4. The Morgan fingerprint density at radius 3 is 2.27 bits per heavy atom. The topological polar surface area (TPSA) is 67.9 Å². The number of nitrogens with one attached hydrogen (secondary N) is 1. The van der Waals surface area contributed by atoms with Crippen LogP contribution < -0.4 is 14.2 Å². The van der Waals surface area contributed by atoms with Gasteiger partial charge in [-0.2, -0.15) is 17.4 Å². The Morgan fingerprint density at radius 2 is 1.62 bits per heavy atom. The Labute approximate surface area is 154 Å². The highest BCUT2D eigenvalue weighted by atomic mass is 32.2. The number of rotatable bonds is 7. The lowest BCUT2D eigenvalue weighted by molar-refractivity contribution is 0.130. The number of methoxy groups -OCH3 is 1. The van der Waals surface area contributed by atoms with Crippen LogP contribution in [0.3, 0.4) is 0 Å². The number of para-hydroxylation sites is 2. The molecule has 0 radical (unpaired) electrons. The van der Waals surface area contributed by atoms with Gasteiger partial charge in [0, 0.05) is 19.6 Å². The first kappa shape index (κ1) is 18.7. The highest BCUT2D eigenvalue weighted by Crippen LogP contribution is 2.29. The molecule has 0 bridgehead atoms. The number of benzene rings is 2. The minimum Gasteiger partial charge on any atom is -0.493 e. The normalized spacial score (nSPS) is 16.3. The molecule has 3 rings (SSSR count). The SMILES string of the molecule is COc1ccccc1OC1CCN(S(=O)(=O)NCc2ccccc2)CC1. The molecule has 2 aromatic carbocycles. The summed E-state index contributed by atoms with van der Waals surface area (Å²) in [4.78, 5) is 0. The number of hydrogen-bond acceptors (Lipinski definition) is 4. The van der Waals surface area contributed by atoms with Gasteiger partial charge < -0.3 is 9.47 Å². The van der Waals surface area contributed by atoms with Crippen molar-refractivity contribution in [3.05, 3.63) is 60.2 Å². The predicted molar refractivity (Wildman–Crippen MR) is 100 cm³/mol. The van der Waals surface area contributed by atoms with Crippen LogP contribution in [-0.4, -0.2) is 39.0 Å². The van der Waals surface area contributed by atoms with Crippen LogP contribution in [0.4, 0.5) is 0 Å². The van der Waals surface area contributed by atoms with E-state index in [0.717, 1.165) is 5.56 Å². The minimum absolute atomic E-state index is 0.0214. The molecule has 1 N–H and O–H groups in total. The second-order valence-corrected chi connectivity index (χ2v) is 7.93. The molecule has 1 fully saturated rings. The molecule has 140 valence electrons. The number of hydrogen-bond donors (Lipinski definition) is 1. The molecular weight excluding hydrogens is 352 g/mol. The van der Waals surface area contributed by atoms with Crippen molar-refractivity contribution in [1.29, 1.82) is 0 Å². The van der Waals surface area contributed by atoms with Crippen molar-refractivity contribution < 1.29 is 17.9 Å². The van der Waals surface area contributed by atoms with Gasteiger partial charge in [0.2, 0.25) is 0 Å². The van der Waals surface area contributed by atoms with Gasteiger partial charge in [0.15, 0.2) is 11.5 Å². The van der Waals surface area contributed by atoms with Crippen molar-refractivity contribution in [3.63, 3.8) is 0 Å². The van der Waals surface area contributed by atoms with E-state index >= 15 is 0 Å². The van der Waals surface area contributed by atoms with Gasteiger partial charge in [0.05, 0.1) is 7.11 Å². The van der Waals surface area contributed by atoms with Crippen LogP contribution in [0.15, 0.2) is 54.6 Å². The highest BCUT2D eigenvalue weighted by Gasteiger charge is 2.29. The fourth-order valence-electron chi connectivity index (χ4n) is 2.95. The molecule has 1 aliphatic heterocycles. The molecule has 0 aliphatic carbocycles. The molecule has 0 saturated carbocycles. The molecule has 1 saturated heterocycles. The third-order valence-electron chi connectivity index (χ3n) is 4.41. The molecule has 6 nitrogen and oxygen atoms in total. The molecule has 26 heavy (non-hydrogen) atoms. The van der Waals surface area contributed by atoms with Crippen molar-refractivity contribution in [1.82, 2.24) is 9.03 Å². The standard InChI is InChI=1S/C19H24N2O4S/c1-24-18-9-5-6-10-19(18)25-17-11-13-21(14-12-17)26(22,23)20-15-16-7-3-2-4-8-16/h2-10,17,20H,11-15H2,1H3. The summed E-state index contributed by atoms with van der Waals surface area (Å²) in [5.74, 6) is 1.38. The van der Waals surface area contributed by atoms with E-state index in [1.54, 1.807) is 7.11 Å². The van der Waals surface area contributed by atoms with Crippen molar-refractivity contribution in [2.75, 3.05) is 20.2 Å². The maximum absolute atomic E-state index is 12.5. The van der Waals surface area contributed by atoms with E-state index in [1.165, 1.54) is 4.31 Å². The molecular formula is C19H24N2O4S. The van der Waals surface area contributed by atoms with Crippen LogP contribution in [0.2, 0.25) is 0 Å². The summed E-state index contributed by atoms with van der Waals surface area (Å²) < 4.78 is 40.4. The quantitative estimate of drug-likeness (QED) is 0.806. The van der Waals surface area contributed by atoms with E-state index in [9.17, 15) is 8.42 Å². The summed E-state index contributed by atoms with van der Waals surface area (Å²) in [6.07, 6.45) is 1.26. The first-order chi connectivity index (χ1) is 12.6. The Balaban J connectivity index is 1.52. The summed E-state index contributed by atoms with van der Waals surface area (Å²) in [6.45, 7) is 1.16. The Kier molecular flexibility index (Phi) is 6.13. The molecule has 0 unspecified atom stereocenters. The van der Waals surface area contributed by atoms with Crippen LogP contribution >= 0.6 is 0 Å². The monoisotopic (exact) mass is 376 g/mol. The summed E-state index contributed by atoms with van der Waals surface area (Å²) in [6, 6.07) is 17.0. The van der Waals surface area contributed by atoms with Gasteiger partial charge in [0.25, 0.3) is 10.2 Å². The summed E-state index contributed by atoms with van der Waals surface area (Å²) >= 11 is 0. The average Bonchev–Trinajstić information content (AvgIpc) is 2.68. The van der Waals surface area contributed by atoms with Crippen molar-refractivity contribution in [3.8, 4) is 11.5 Å². The van der Waals surface area contributed by atoms with E-state index < -0.39 is 10.2 Å². The smallest absolute Gasteiger partial charge is 0.279 e. The molecule has 0 spiro atoms. The highest BCUT2D eigenvalue weighted by molar-refractivity contribution is 7.87. The lowest BCUT2D eigenvalue weighted by atomic mass is 10.1. The molecule has 7 heteroatoms. The molecule has 0 atom stereocenters. The minimum atomic E-state index is -3.49. The molecule has 1 heterocycles. The van der Waals surface area contributed by atoms with E-state index in [1.807, 2.05) is 54.6 Å². The second-order valence-electron chi connectivity index (χ2n) is 6.18. The maximum Gasteiger partial charge on any atom is 0.279 e. The summed E-state index contributed by atoms with van der Waals surface area (Å²) in [7, 11) is -1.88. The van der Waals surface area contributed by atoms with Gasteiger partial charge in [-0.25, -0.2) is 0 Å². The Hall–Kier alpha value is -2.09. The van der Waals surface area contributed by atoms with Crippen molar-refractivity contribution >= 4 is 10.2 Å². The predicted octanol–water partition coefficient (Wildman–Crippen LogP) is 2.57.